The minimum atomic E-state index is -5.64. The van der Waals surface area contributed by atoms with E-state index in [2.05, 4.69) is 28.8 Å². The predicted molar refractivity (Wildman–Crippen MR) is 199 cm³/mol. The number of hydrogen-bond acceptors (Lipinski definition) is 24. The van der Waals surface area contributed by atoms with Gasteiger partial charge in [0, 0.05) is 12.1 Å². The first-order valence-corrected chi connectivity index (χ1v) is 24.3. The third-order valence-corrected chi connectivity index (χ3v) is 13.6. The number of anilines is 1. The second kappa shape index (κ2) is 24.5. The van der Waals surface area contributed by atoms with Gasteiger partial charge in [0.2, 0.25) is 0 Å². The van der Waals surface area contributed by atoms with E-state index in [1.165, 1.54) is 0 Å². The molecule has 0 saturated heterocycles. The number of fused-ring (bicyclic) bond motifs is 1. The van der Waals surface area contributed by atoms with Gasteiger partial charge in [-0.1, -0.05) is 0 Å². The number of rotatable bonds is 18. The van der Waals surface area contributed by atoms with Gasteiger partial charge in [-0.2, -0.15) is 21.9 Å². The van der Waals surface area contributed by atoms with Crippen LogP contribution in [0.5, 0.6) is 17.2 Å². The number of nitrogen functional groups attached to an aromatic ring is 1. The summed E-state index contributed by atoms with van der Waals surface area (Å²) in [5.74, 6) is -4.01. The Morgan fingerprint density at radius 3 is 1.50 bits per heavy atom. The van der Waals surface area contributed by atoms with E-state index in [4.69, 9.17) is 24.3 Å². The van der Waals surface area contributed by atoms with Crippen molar-refractivity contribution in [3.05, 3.63) is 48.5 Å². The van der Waals surface area contributed by atoms with Crippen molar-refractivity contribution in [2.75, 3.05) is 44.7 Å². The van der Waals surface area contributed by atoms with Crippen molar-refractivity contribution >= 4 is 99.9 Å². The summed E-state index contributed by atoms with van der Waals surface area (Å²) in [4.78, 5) is -3.55. The third kappa shape index (κ3) is 16.6. The number of aromatic hydroxyl groups is 1. The van der Waals surface area contributed by atoms with Crippen LogP contribution in [0.25, 0.3) is 10.8 Å². The largest absolute Gasteiger partial charge is 1.00 e. The molecule has 0 saturated carbocycles. The van der Waals surface area contributed by atoms with Gasteiger partial charge >= 0.3 is 139 Å². The van der Waals surface area contributed by atoms with Crippen molar-refractivity contribution in [1.82, 2.24) is 0 Å². The van der Waals surface area contributed by atoms with E-state index in [9.17, 15) is 64.7 Å². The molecule has 4 aromatic carbocycles. The standard InChI is InChI=1S/C28H29N5O21S6.4Na/c1-51-19-14-21(56(37,38)10-8-54-60(48,49)50)20(52-2)13-18(19)31-33-27-23(58(42,43)44)12-15-11-22(57(39,40)41)26(25(29)24(15)28(27)34)32-30-16-3-5-17(6-4-16)55(35,36)9-7-53-59(45,46)47;;;;/h3-6,11-14,34H,7-10,29H2,1-2H3,(H,39,40,41)(H,42,43,44)(H,45,46,47)(H,48,49,50);;;;/q;4*+1/p-2. The topological polar surface area (TPSA) is 424 Å². The summed E-state index contributed by atoms with van der Waals surface area (Å²) >= 11 is 0. The number of nitrogens with zero attached hydrogens (tertiary/aromatic N) is 4. The third-order valence-electron chi connectivity index (χ3n) is 7.54. The Hall–Kier alpha value is -1.00. The molecule has 328 valence electrons. The summed E-state index contributed by atoms with van der Waals surface area (Å²) in [6.45, 7) is -1.95. The molecule has 0 bridgehead atoms. The van der Waals surface area contributed by atoms with Gasteiger partial charge in [0.05, 0.1) is 70.4 Å². The molecule has 5 N–H and O–H groups in total. The fraction of sp³-hybridized carbons (Fsp3) is 0.214. The van der Waals surface area contributed by atoms with E-state index < -0.39 is 151 Å². The Morgan fingerprint density at radius 1 is 0.594 bits per heavy atom. The van der Waals surface area contributed by atoms with Crippen LogP contribution in [0, 0.1) is 0 Å². The summed E-state index contributed by atoms with van der Waals surface area (Å²) < 4.78 is 204. The second-order valence-electron chi connectivity index (χ2n) is 11.4. The SMILES string of the molecule is COc1cc(S(=O)(=O)CCOS(=O)(=O)O)c(OC)cc1N=Nc1c(S(=O)(=O)[O-])cc2cc(S(=O)(=O)[O-])c(N=Nc3ccc(S(=O)(=O)CCOS(=O)(=O)O)cc3)c(N)c2c1O.[Na+].[Na+].[Na+].[Na+]. The quantitative estimate of drug-likeness (QED) is 0.0311. The van der Waals surface area contributed by atoms with E-state index in [0.29, 0.717) is 12.1 Å². The van der Waals surface area contributed by atoms with Gasteiger partial charge in [-0.25, -0.2) is 42.0 Å². The molecule has 26 nitrogen and oxygen atoms in total. The summed E-state index contributed by atoms with van der Waals surface area (Å²) in [5, 5.41) is 24.9. The summed E-state index contributed by atoms with van der Waals surface area (Å²) in [6, 6.07) is 6.74. The van der Waals surface area contributed by atoms with Crippen LogP contribution >= 0.6 is 0 Å². The smallest absolute Gasteiger partial charge is 0.744 e. The van der Waals surface area contributed by atoms with Crippen molar-refractivity contribution in [3.63, 3.8) is 0 Å². The number of azo groups is 2. The van der Waals surface area contributed by atoms with Crippen LogP contribution in [-0.4, -0.2) is 113 Å². The number of nitrogens with two attached hydrogens (primary N) is 1. The second-order valence-corrected chi connectivity index (χ2v) is 20.5. The molecular weight excluding hydrogens is 1030 g/mol. The molecule has 0 amide bonds. The van der Waals surface area contributed by atoms with Gasteiger partial charge in [-0.3, -0.25) is 9.11 Å². The number of methoxy groups -OCH3 is 2. The van der Waals surface area contributed by atoms with Crippen molar-refractivity contribution in [3.8, 4) is 17.2 Å². The van der Waals surface area contributed by atoms with Gasteiger partial charge in [0.1, 0.15) is 53.7 Å². The van der Waals surface area contributed by atoms with Gasteiger partial charge < -0.3 is 29.4 Å². The molecule has 4 rings (SSSR count). The van der Waals surface area contributed by atoms with Crippen LogP contribution in [0.1, 0.15) is 0 Å². The molecule has 0 fully saturated rings. The summed E-state index contributed by atoms with van der Waals surface area (Å²) in [6.07, 6.45) is 0. The zero-order valence-electron chi connectivity index (χ0n) is 34.0. The van der Waals surface area contributed by atoms with Crippen LogP contribution < -0.4 is 133 Å². The predicted octanol–water partition coefficient (Wildman–Crippen LogP) is -10.0. The average molecular weight is 1050 g/mol. The minimum Gasteiger partial charge on any atom is -0.744 e. The number of benzene rings is 4. The summed E-state index contributed by atoms with van der Waals surface area (Å²) in [7, 11) is -27.7. The number of ether oxygens (including phenoxy) is 2. The van der Waals surface area contributed by atoms with E-state index in [-0.39, 0.29) is 129 Å². The molecule has 0 unspecified atom stereocenters. The Bertz CT molecular complexity index is 3120. The fourth-order valence-electron chi connectivity index (χ4n) is 4.92. The zero-order chi connectivity index (χ0) is 45.2. The number of phenolic OH excluding ortho intramolecular Hbond substituents is 1. The van der Waals surface area contributed by atoms with E-state index in [1.54, 1.807) is 0 Å². The molecular formula is C28H27N5Na4O21S6+2. The first-order chi connectivity index (χ1) is 27.5. The average Bonchev–Trinajstić information content (AvgIpc) is 3.11. The van der Waals surface area contributed by atoms with Crippen molar-refractivity contribution in [2.24, 2.45) is 20.5 Å². The molecule has 0 aliphatic carbocycles. The number of sulfone groups is 2. The van der Waals surface area contributed by atoms with Gasteiger partial charge in [-0.05, 0) is 41.8 Å². The Kier molecular flexibility index (Phi) is 24.1. The van der Waals surface area contributed by atoms with Crippen molar-refractivity contribution < 1.29 is 210 Å². The maximum absolute atomic E-state index is 12.9. The van der Waals surface area contributed by atoms with Crippen LogP contribution in [0.15, 0.2) is 88.6 Å². The molecule has 0 aliphatic heterocycles. The Balaban J connectivity index is 0.00000992. The van der Waals surface area contributed by atoms with Crippen LogP contribution in [-0.2, 0) is 69.1 Å². The van der Waals surface area contributed by atoms with E-state index in [0.717, 1.165) is 50.6 Å². The van der Waals surface area contributed by atoms with Gasteiger partial charge in [0.25, 0.3) is 0 Å². The molecule has 0 spiro atoms. The molecule has 0 radical (unpaired) electrons. The monoisotopic (exact) mass is 1050 g/mol. The van der Waals surface area contributed by atoms with Crippen LogP contribution in [0.4, 0.5) is 28.4 Å². The Morgan fingerprint density at radius 2 is 1.05 bits per heavy atom. The maximum Gasteiger partial charge on any atom is 1.00 e. The first-order valence-electron chi connectivity index (χ1n) is 15.4. The minimum absolute atomic E-state index is 0. The molecule has 0 atom stereocenters. The molecule has 36 heteroatoms. The summed E-state index contributed by atoms with van der Waals surface area (Å²) in [5.41, 5.74) is 2.62. The van der Waals surface area contributed by atoms with E-state index in [1.807, 2.05) is 0 Å². The zero-order valence-corrected chi connectivity index (χ0v) is 46.9. The van der Waals surface area contributed by atoms with Crippen molar-refractivity contribution in [1.29, 1.82) is 0 Å². The maximum atomic E-state index is 12.9. The molecule has 4 aromatic rings. The van der Waals surface area contributed by atoms with Crippen LogP contribution in [0.2, 0.25) is 0 Å². The molecule has 0 heterocycles. The first kappa shape index (κ1) is 63.0. The number of phenols is 1. The molecule has 0 aromatic heterocycles. The number of hydrogen-bond donors (Lipinski definition) is 4. The Labute approximate surface area is 454 Å². The van der Waals surface area contributed by atoms with Gasteiger partial charge in [0.15, 0.2) is 25.4 Å². The molecule has 0 aliphatic rings. The van der Waals surface area contributed by atoms with Gasteiger partial charge in [-0.15, -0.1) is 15.3 Å². The van der Waals surface area contributed by atoms with Crippen LogP contribution in [0.3, 0.4) is 0 Å². The normalized spacial score (nSPS) is 12.5. The van der Waals surface area contributed by atoms with E-state index >= 15 is 0 Å². The van der Waals surface area contributed by atoms with Crippen molar-refractivity contribution in [2.45, 2.75) is 19.6 Å². The molecule has 64 heavy (non-hydrogen) atoms. The fourth-order valence-corrected chi connectivity index (χ4v) is 9.38.